The maximum atomic E-state index is 5.99. The molecular weight excluding hydrogens is 198 g/mol. The highest BCUT2D eigenvalue weighted by Crippen LogP contribution is 2.12. The molecule has 0 saturated carbocycles. The first kappa shape index (κ1) is 14.2. The van der Waals surface area contributed by atoms with Crippen LogP contribution in [0.15, 0.2) is 0 Å². The molecule has 14 heavy (non-hydrogen) atoms. The van der Waals surface area contributed by atoms with Gasteiger partial charge in [-0.25, -0.2) is 0 Å². The maximum Gasteiger partial charge on any atom is 0.0226 e. The molecule has 1 rings (SSSR count). The van der Waals surface area contributed by atoms with Crippen molar-refractivity contribution in [2.45, 2.75) is 38.3 Å². The Bertz CT molecular complexity index is 150. The third-order valence-electron chi connectivity index (χ3n) is 2.59. The van der Waals surface area contributed by atoms with Crippen LogP contribution in [-0.2, 0) is 0 Å². The summed E-state index contributed by atoms with van der Waals surface area (Å²) in [6.45, 7) is 7.47. The second-order valence-corrected chi connectivity index (χ2v) is 4.88. The van der Waals surface area contributed by atoms with Gasteiger partial charge in [0.05, 0.1) is 0 Å². The lowest BCUT2D eigenvalue weighted by atomic mass is 10.0. The number of hydrogen-bond donors (Lipinski definition) is 2. The fraction of sp³-hybridized carbons (Fsp3) is 1.00. The summed E-state index contributed by atoms with van der Waals surface area (Å²) in [5.74, 6) is 0. The SMILES string of the molecule is CN(CC(C)(C)N)C1CCNCC1.Cl. The molecule has 0 amide bonds. The summed E-state index contributed by atoms with van der Waals surface area (Å²) >= 11 is 0. The molecule has 4 heteroatoms. The van der Waals surface area contributed by atoms with E-state index in [-0.39, 0.29) is 17.9 Å². The minimum absolute atomic E-state index is 0. The van der Waals surface area contributed by atoms with Gasteiger partial charge in [0.2, 0.25) is 0 Å². The zero-order valence-corrected chi connectivity index (χ0v) is 10.4. The van der Waals surface area contributed by atoms with Crippen molar-refractivity contribution in [3.05, 3.63) is 0 Å². The standard InChI is InChI=1S/C10H23N3.ClH/c1-10(2,11)8-13(3)9-4-6-12-7-5-9;/h9,12H,4-8,11H2,1-3H3;1H. The second kappa shape index (κ2) is 5.91. The number of nitrogens with zero attached hydrogens (tertiary/aromatic N) is 1. The first-order valence-electron chi connectivity index (χ1n) is 5.19. The summed E-state index contributed by atoms with van der Waals surface area (Å²) in [5, 5.41) is 3.37. The zero-order valence-electron chi connectivity index (χ0n) is 9.55. The summed E-state index contributed by atoms with van der Waals surface area (Å²) in [7, 11) is 2.19. The molecule has 0 aliphatic carbocycles. The molecule has 0 bridgehead atoms. The number of rotatable bonds is 3. The van der Waals surface area contributed by atoms with Crippen LogP contribution in [0.2, 0.25) is 0 Å². The Balaban J connectivity index is 0.00000169. The van der Waals surface area contributed by atoms with Gasteiger partial charge in [0.1, 0.15) is 0 Å². The number of piperidine rings is 1. The predicted molar refractivity (Wildman–Crippen MR) is 64.0 cm³/mol. The molecule has 86 valence electrons. The highest BCUT2D eigenvalue weighted by molar-refractivity contribution is 5.85. The number of nitrogens with two attached hydrogens (primary N) is 1. The van der Waals surface area contributed by atoms with Crippen LogP contribution in [0, 0.1) is 0 Å². The van der Waals surface area contributed by atoms with Crippen molar-refractivity contribution >= 4 is 12.4 Å². The topological polar surface area (TPSA) is 41.3 Å². The van der Waals surface area contributed by atoms with Crippen LogP contribution in [0.4, 0.5) is 0 Å². The largest absolute Gasteiger partial charge is 0.324 e. The molecule has 0 unspecified atom stereocenters. The lowest BCUT2D eigenvalue weighted by molar-refractivity contribution is 0.169. The molecule has 1 aliphatic rings. The van der Waals surface area contributed by atoms with E-state index in [0.29, 0.717) is 0 Å². The Kier molecular flexibility index (Phi) is 5.98. The smallest absolute Gasteiger partial charge is 0.0226 e. The van der Waals surface area contributed by atoms with Crippen molar-refractivity contribution in [1.82, 2.24) is 10.2 Å². The first-order valence-corrected chi connectivity index (χ1v) is 5.19. The molecule has 1 heterocycles. The van der Waals surface area contributed by atoms with Gasteiger partial charge in [-0.3, -0.25) is 0 Å². The molecule has 1 fully saturated rings. The minimum Gasteiger partial charge on any atom is -0.324 e. The molecule has 3 N–H and O–H groups in total. The Morgan fingerprint density at radius 3 is 2.29 bits per heavy atom. The molecule has 0 aromatic heterocycles. The van der Waals surface area contributed by atoms with Gasteiger partial charge in [-0.15, -0.1) is 12.4 Å². The van der Waals surface area contributed by atoms with E-state index in [0.717, 1.165) is 25.7 Å². The molecule has 3 nitrogen and oxygen atoms in total. The lowest BCUT2D eigenvalue weighted by Gasteiger charge is -2.35. The van der Waals surface area contributed by atoms with Crippen LogP contribution in [0.5, 0.6) is 0 Å². The van der Waals surface area contributed by atoms with E-state index in [1.807, 2.05) is 0 Å². The van der Waals surface area contributed by atoms with Crippen LogP contribution < -0.4 is 11.1 Å². The molecule has 0 spiro atoms. The highest BCUT2D eigenvalue weighted by atomic mass is 35.5. The summed E-state index contributed by atoms with van der Waals surface area (Å²) in [5.41, 5.74) is 5.92. The van der Waals surface area contributed by atoms with Crippen LogP contribution in [0.1, 0.15) is 26.7 Å². The van der Waals surface area contributed by atoms with Gasteiger partial charge in [-0.1, -0.05) is 0 Å². The Morgan fingerprint density at radius 2 is 1.86 bits per heavy atom. The van der Waals surface area contributed by atoms with Gasteiger partial charge in [0.25, 0.3) is 0 Å². The van der Waals surface area contributed by atoms with Crippen LogP contribution in [0.25, 0.3) is 0 Å². The first-order chi connectivity index (χ1) is 5.99. The summed E-state index contributed by atoms with van der Waals surface area (Å²) < 4.78 is 0. The molecule has 0 radical (unpaired) electrons. The van der Waals surface area contributed by atoms with Crippen molar-refractivity contribution in [1.29, 1.82) is 0 Å². The molecule has 0 atom stereocenters. The van der Waals surface area contributed by atoms with Crippen molar-refractivity contribution in [2.75, 3.05) is 26.7 Å². The Labute approximate surface area is 93.8 Å². The third kappa shape index (κ3) is 5.15. The average molecular weight is 222 g/mol. The van der Waals surface area contributed by atoms with E-state index >= 15 is 0 Å². The molecular formula is C10H24ClN3. The quantitative estimate of drug-likeness (QED) is 0.742. The maximum absolute atomic E-state index is 5.99. The predicted octanol–water partition coefficient (Wildman–Crippen LogP) is 0.829. The number of hydrogen-bond acceptors (Lipinski definition) is 3. The molecule has 1 saturated heterocycles. The van der Waals surface area contributed by atoms with Gasteiger partial charge in [0.15, 0.2) is 0 Å². The highest BCUT2D eigenvalue weighted by Gasteiger charge is 2.21. The van der Waals surface area contributed by atoms with E-state index in [9.17, 15) is 0 Å². The van der Waals surface area contributed by atoms with Gasteiger partial charge < -0.3 is 16.0 Å². The van der Waals surface area contributed by atoms with E-state index in [1.54, 1.807) is 0 Å². The number of likely N-dealkylation sites (N-methyl/N-ethyl adjacent to an activating group) is 1. The Hall–Kier alpha value is 0.170. The monoisotopic (exact) mass is 221 g/mol. The van der Waals surface area contributed by atoms with Crippen LogP contribution in [0.3, 0.4) is 0 Å². The van der Waals surface area contributed by atoms with Gasteiger partial charge >= 0.3 is 0 Å². The molecule has 1 aliphatic heterocycles. The summed E-state index contributed by atoms with van der Waals surface area (Å²) in [6.07, 6.45) is 2.51. The minimum atomic E-state index is -0.0698. The van der Waals surface area contributed by atoms with Crippen molar-refractivity contribution in [2.24, 2.45) is 5.73 Å². The van der Waals surface area contributed by atoms with E-state index in [2.05, 4.69) is 31.1 Å². The van der Waals surface area contributed by atoms with Crippen LogP contribution in [-0.4, -0.2) is 43.2 Å². The third-order valence-corrected chi connectivity index (χ3v) is 2.59. The van der Waals surface area contributed by atoms with Gasteiger partial charge in [-0.05, 0) is 46.8 Å². The normalized spacial score (nSPS) is 19.5. The molecule has 0 aromatic rings. The van der Waals surface area contributed by atoms with E-state index in [4.69, 9.17) is 5.73 Å². The Morgan fingerprint density at radius 1 is 1.36 bits per heavy atom. The second-order valence-electron chi connectivity index (χ2n) is 4.88. The summed E-state index contributed by atoms with van der Waals surface area (Å²) in [6, 6.07) is 0.726. The van der Waals surface area contributed by atoms with Crippen molar-refractivity contribution in [3.63, 3.8) is 0 Å². The van der Waals surface area contributed by atoms with E-state index in [1.165, 1.54) is 12.8 Å². The fourth-order valence-electron chi connectivity index (χ4n) is 2.02. The summed E-state index contributed by atoms with van der Waals surface area (Å²) in [4.78, 5) is 2.40. The van der Waals surface area contributed by atoms with Gasteiger partial charge in [-0.2, -0.15) is 0 Å². The van der Waals surface area contributed by atoms with Crippen LogP contribution >= 0.6 is 12.4 Å². The van der Waals surface area contributed by atoms with E-state index < -0.39 is 0 Å². The van der Waals surface area contributed by atoms with Gasteiger partial charge in [0, 0.05) is 18.1 Å². The van der Waals surface area contributed by atoms with Crippen molar-refractivity contribution in [3.8, 4) is 0 Å². The average Bonchev–Trinajstić information content (AvgIpc) is 2.03. The molecule has 0 aromatic carbocycles. The number of halogens is 1. The van der Waals surface area contributed by atoms with Crippen molar-refractivity contribution < 1.29 is 0 Å². The number of nitrogens with one attached hydrogen (secondary N) is 1. The lowest BCUT2D eigenvalue weighted by Crippen LogP contribution is -2.49. The fourth-order valence-corrected chi connectivity index (χ4v) is 2.02. The zero-order chi connectivity index (χ0) is 9.90.